The van der Waals surface area contributed by atoms with Crippen LogP contribution in [0.25, 0.3) is 0 Å². The average Bonchev–Trinajstić information content (AvgIpc) is 2.52. The summed E-state index contributed by atoms with van der Waals surface area (Å²) in [5.74, 6) is 6.15. The molecule has 0 amide bonds. The fourth-order valence-corrected chi connectivity index (χ4v) is 1.59. The van der Waals surface area contributed by atoms with Crippen LogP contribution in [-0.4, -0.2) is 35.7 Å². The first-order valence-corrected chi connectivity index (χ1v) is 4.69. The van der Waals surface area contributed by atoms with E-state index in [2.05, 4.69) is 23.7 Å². The maximum Gasteiger partial charge on any atom is 0.0604 e. The quantitative estimate of drug-likeness (QED) is 0.616. The SMILES string of the molecule is CCC#CCN1CCC[C@@H]1CO. The summed E-state index contributed by atoms with van der Waals surface area (Å²) >= 11 is 0. The average molecular weight is 167 g/mol. The molecule has 2 nitrogen and oxygen atoms in total. The molecule has 0 unspecified atom stereocenters. The van der Waals surface area contributed by atoms with Gasteiger partial charge in [0.2, 0.25) is 0 Å². The van der Waals surface area contributed by atoms with E-state index in [9.17, 15) is 0 Å². The van der Waals surface area contributed by atoms with E-state index in [1.165, 1.54) is 6.42 Å². The summed E-state index contributed by atoms with van der Waals surface area (Å²) in [7, 11) is 0. The summed E-state index contributed by atoms with van der Waals surface area (Å²) in [6.07, 6.45) is 3.26. The van der Waals surface area contributed by atoms with Gasteiger partial charge in [-0.3, -0.25) is 4.90 Å². The van der Waals surface area contributed by atoms with Gasteiger partial charge in [0.05, 0.1) is 13.2 Å². The van der Waals surface area contributed by atoms with Gasteiger partial charge in [-0.05, 0) is 19.4 Å². The standard InChI is InChI=1S/C10H17NO/c1-2-3-4-7-11-8-5-6-10(11)9-12/h10,12H,2,5-9H2,1H3/t10-/m1/s1. The fraction of sp³-hybridized carbons (Fsp3) is 0.800. The van der Waals surface area contributed by atoms with Crippen LogP contribution in [0.4, 0.5) is 0 Å². The van der Waals surface area contributed by atoms with Crippen molar-refractivity contribution in [1.29, 1.82) is 0 Å². The molecule has 1 rings (SSSR count). The number of aliphatic hydroxyl groups is 1. The number of rotatable bonds is 2. The van der Waals surface area contributed by atoms with Crippen molar-refractivity contribution >= 4 is 0 Å². The van der Waals surface area contributed by atoms with Crippen LogP contribution in [0.5, 0.6) is 0 Å². The highest BCUT2D eigenvalue weighted by Gasteiger charge is 2.22. The molecule has 0 aromatic heterocycles. The molecular formula is C10H17NO. The van der Waals surface area contributed by atoms with Gasteiger partial charge in [-0.1, -0.05) is 12.8 Å². The van der Waals surface area contributed by atoms with Gasteiger partial charge in [-0.15, -0.1) is 5.92 Å². The Hall–Kier alpha value is -0.520. The molecule has 0 aromatic rings. The lowest BCUT2D eigenvalue weighted by Crippen LogP contribution is -2.32. The topological polar surface area (TPSA) is 23.5 Å². The first-order valence-electron chi connectivity index (χ1n) is 4.69. The zero-order valence-corrected chi connectivity index (χ0v) is 7.71. The molecule has 1 heterocycles. The highest BCUT2D eigenvalue weighted by Crippen LogP contribution is 2.15. The molecule has 0 bridgehead atoms. The molecule has 1 N–H and O–H groups in total. The molecule has 0 aliphatic carbocycles. The van der Waals surface area contributed by atoms with E-state index in [-0.39, 0.29) is 6.61 Å². The van der Waals surface area contributed by atoms with Crippen molar-refractivity contribution in [3.05, 3.63) is 0 Å². The molecule has 1 aliphatic heterocycles. The zero-order chi connectivity index (χ0) is 8.81. The van der Waals surface area contributed by atoms with Gasteiger partial charge >= 0.3 is 0 Å². The van der Waals surface area contributed by atoms with Crippen LogP contribution >= 0.6 is 0 Å². The van der Waals surface area contributed by atoms with Crippen LogP contribution < -0.4 is 0 Å². The molecule has 1 aliphatic rings. The van der Waals surface area contributed by atoms with Crippen LogP contribution in [0.3, 0.4) is 0 Å². The highest BCUT2D eigenvalue weighted by molar-refractivity contribution is 5.01. The summed E-state index contributed by atoms with van der Waals surface area (Å²) in [6, 6.07) is 0.371. The van der Waals surface area contributed by atoms with Crippen molar-refractivity contribution in [2.24, 2.45) is 0 Å². The first-order chi connectivity index (χ1) is 5.88. The molecule has 1 atom stereocenters. The van der Waals surface area contributed by atoms with Gasteiger partial charge in [0.1, 0.15) is 0 Å². The van der Waals surface area contributed by atoms with Crippen LogP contribution in [0.2, 0.25) is 0 Å². The minimum atomic E-state index is 0.286. The zero-order valence-electron chi connectivity index (χ0n) is 7.71. The lowest BCUT2D eigenvalue weighted by atomic mass is 10.2. The molecule has 1 fully saturated rings. The molecule has 1 saturated heterocycles. The maximum absolute atomic E-state index is 9.00. The molecule has 0 radical (unpaired) electrons. The van der Waals surface area contributed by atoms with Crippen LogP contribution in [0, 0.1) is 11.8 Å². The third kappa shape index (κ3) is 2.51. The van der Waals surface area contributed by atoms with Crippen molar-refractivity contribution in [2.45, 2.75) is 32.2 Å². The summed E-state index contributed by atoms with van der Waals surface area (Å²) in [4.78, 5) is 2.27. The van der Waals surface area contributed by atoms with Gasteiger partial charge < -0.3 is 5.11 Å². The second-order valence-corrected chi connectivity index (χ2v) is 3.16. The number of hydrogen-bond acceptors (Lipinski definition) is 2. The van der Waals surface area contributed by atoms with E-state index in [0.717, 1.165) is 25.9 Å². The van der Waals surface area contributed by atoms with Crippen LogP contribution in [0.1, 0.15) is 26.2 Å². The minimum Gasteiger partial charge on any atom is -0.395 e. The van der Waals surface area contributed by atoms with Crippen molar-refractivity contribution in [1.82, 2.24) is 4.90 Å². The third-order valence-corrected chi connectivity index (χ3v) is 2.29. The third-order valence-electron chi connectivity index (χ3n) is 2.29. The minimum absolute atomic E-state index is 0.286. The van der Waals surface area contributed by atoms with Crippen molar-refractivity contribution in [2.75, 3.05) is 19.7 Å². The second-order valence-electron chi connectivity index (χ2n) is 3.16. The van der Waals surface area contributed by atoms with Gasteiger partial charge in [-0.25, -0.2) is 0 Å². The van der Waals surface area contributed by atoms with Crippen LogP contribution in [0.15, 0.2) is 0 Å². The largest absolute Gasteiger partial charge is 0.395 e. The molecule has 12 heavy (non-hydrogen) atoms. The van der Waals surface area contributed by atoms with Gasteiger partial charge in [0.15, 0.2) is 0 Å². The Kier molecular flexibility index (Phi) is 4.13. The van der Waals surface area contributed by atoms with E-state index in [1.807, 2.05) is 0 Å². The Bertz CT molecular complexity index is 180. The fourth-order valence-electron chi connectivity index (χ4n) is 1.59. The van der Waals surface area contributed by atoms with Crippen molar-refractivity contribution in [3.63, 3.8) is 0 Å². The number of hydrogen-bond donors (Lipinski definition) is 1. The second kappa shape index (κ2) is 5.18. The summed E-state index contributed by atoms with van der Waals surface area (Å²) in [6.45, 7) is 4.27. The van der Waals surface area contributed by atoms with E-state index in [1.54, 1.807) is 0 Å². The van der Waals surface area contributed by atoms with Gasteiger partial charge in [0, 0.05) is 12.5 Å². The van der Waals surface area contributed by atoms with E-state index in [0.29, 0.717) is 6.04 Å². The molecule has 2 heteroatoms. The molecule has 0 saturated carbocycles. The highest BCUT2D eigenvalue weighted by atomic mass is 16.3. The van der Waals surface area contributed by atoms with Crippen LogP contribution in [-0.2, 0) is 0 Å². The van der Waals surface area contributed by atoms with E-state index in [4.69, 9.17) is 5.11 Å². The molecular weight excluding hydrogens is 150 g/mol. The Morgan fingerprint density at radius 1 is 1.50 bits per heavy atom. The number of nitrogens with zero attached hydrogens (tertiary/aromatic N) is 1. The Labute approximate surface area is 74.6 Å². The van der Waals surface area contributed by atoms with E-state index >= 15 is 0 Å². The number of aliphatic hydroxyl groups excluding tert-OH is 1. The summed E-state index contributed by atoms with van der Waals surface area (Å²) in [5.41, 5.74) is 0. The molecule has 0 spiro atoms. The smallest absolute Gasteiger partial charge is 0.0604 e. The Morgan fingerprint density at radius 3 is 3.00 bits per heavy atom. The first kappa shape index (κ1) is 9.57. The monoisotopic (exact) mass is 167 g/mol. The summed E-state index contributed by atoms with van der Waals surface area (Å²) < 4.78 is 0. The van der Waals surface area contributed by atoms with E-state index < -0.39 is 0 Å². The van der Waals surface area contributed by atoms with Gasteiger partial charge in [-0.2, -0.15) is 0 Å². The maximum atomic E-state index is 9.00. The lowest BCUT2D eigenvalue weighted by molar-refractivity contribution is 0.171. The van der Waals surface area contributed by atoms with Crippen molar-refractivity contribution in [3.8, 4) is 11.8 Å². The number of likely N-dealkylation sites (tertiary alicyclic amines) is 1. The summed E-state index contributed by atoms with van der Waals surface area (Å²) in [5, 5.41) is 9.00. The molecule has 68 valence electrons. The normalized spacial score (nSPS) is 23.7. The lowest BCUT2D eigenvalue weighted by Gasteiger charge is -2.19. The van der Waals surface area contributed by atoms with Crippen molar-refractivity contribution < 1.29 is 5.11 Å². The predicted molar refractivity (Wildman–Crippen MR) is 49.7 cm³/mol. The molecule has 0 aromatic carbocycles. The Balaban J connectivity index is 2.30. The Morgan fingerprint density at radius 2 is 2.33 bits per heavy atom. The van der Waals surface area contributed by atoms with Gasteiger partial charge in [0.25, 0.3) is 0 Å². The predicted octanol–water partition coefficient (Wildman–Crippen LogP) is 0.856.